The molecule has 1 rings (SSSR count). The van der Waals surface area contributed by atoms with Gasteiger partial charge in [-0.05, 0) is 34.1 Å². The van der Waals surface area contributed by atoms with Gasteiger partial charge in [-0.3, -0.25) is 9.59 Å². The average Bonchev–Trinajstić information content (AvgIpc) is 2.51. The first kappa shape index (κ1) is 17.3. The summed E-state index contributed by atoms with van der Waals surface area (Å²) in [6.07, 6.45) is 0.707. The third-order valence-corrected chi connectivity index (χ3v) is 4.48. The molecule has 0 saturated carbocycles. The molecule has 0 radical (unpaired) electrons. The summed E-state index contributed by atoms with van der Waals surface area (Å²) in [4.78, 5) is 38.5. The van der Waals surface area contributed by atoms with E-state index in [-0.39, 0.29) is 12.5 Å². The number of amides is 3. The van der Waals surface area contributed by atoms with E-state index in [1.54, 1.807) is 39.6 Å². The number of likely N-dealkylation sites (N-methyl/N-ethyl adjacent to an activating group) is 1. The van der Waals surface area contributed by atoms with Crippen LogP contribution in [-0.2, 0) is 9.59 Å². The maximum absolute atomic E-state index is 12.3. The van der Waals surface area contributed by atoms with Crippen LogP contribution in [-0.4, -0.2) is 65.0 Å². The van der Waals surface area contributed by atoms with Crippen molar-refractivity contribution >= 4 is 17.9 Å². The lowest BCUT2D eigenvalue weighted by atomic mass is 9.74. The van der Waals surface area contributed by atoms with Gasteiger partial charge in [0.1, 0.15) is 6.54 Å². The lowest BCUT2D eigenvalue weighted by molar-refractivity contribution is -0.150. The molecule has 1 fully saturated rings. The van der Waals surface area contributed by atoms with Crippen molar-refractivity contribution in [2.75, 3.05) is 26.7 Å². The summed E-state index contributed by atoms with van der Waals surface area (Å²) in [6.45, 7) is 7.59. The van der Waals surface area contributed by atoms with E-state index in [4.69, 9.17) is 0 Å². The number of hydrogen-bond acceptors (Lipinski definition) is 3. The third kappa shape index (κ3) is 3.65. The molecule has 7 heteroatoms. The van der Waals surface area contributed by atoms with Crippen LogP contribution < -0.4 is 5.32 Å². The van der Waals surface area contributed by atoms with Crippen LogP contribution in [0.5, 0.6) is 0 Å². The molecule has 0 bridgehead atoms. The van der Waals surface area contributed by atoms with E-state index in [1.807, 2.05) is 0 Å². The van der Waals surface area contributed by atoms with Crippen LogP contribution >= 0.6 is 0 Å². The lowest BCUT2D eigenvalue weighted by Crippen LogP contribution is -2.60. The quantitative estimate of drug-likeness (QED) is 0.804. The number of nitrogens with one attached hydrogen (secondary N) is 1. The van der Waals surface area contributed by atoms with Gasteiger partial charge in [-0.25, -0.2) is 4.79 Å². The zero-order chi connectivity index (χ0) is 16.4. The number of carbonyl (C=O) groups excluding carboxylic acids is 2. The Morgan fingerprint density at radius 3 is 2.29 bits per heavy atom. The second kappa shape index (κ2) is 5.91. The number of carboxylic acid groups (broad SMARTS) is 1. The van der Waals surface area contributed by atoms with Gasteiger partial charge in [0.05, 0.1) is 11.0 Å². The van der Waals surface area contributed by atoms with E-state index >= 15 is 0 Å². The summed E-state index contributed by atoms with van der Waals surface area (Å²) in [5.74, 6) is -1.10. The maximum Gasteiger partial charge on any atom is 0.318 e. The van der Waals surface area contributed by atoms with Gasteiger partial charge in [0, 0.05) is 20.1 Å². The van der Waals surface area contributed by atoms with Crippen molar-refractivity contribution in [1.82, 2.24) is 15.1 Å². The van der Waals surface area contributed by atoms with E-state index in [0.717, 1.165) is 0 Å². The van der Waals surface area contributed by atoms with Gasteiger partial charge in [0.2, 0.25) is 5.91 Å². The van der Waals surface area contributed by atoms with E-state index in [9.17, 15) is 19.5 Å². The predicted octanol–water partition coefficient (Wildman–Crippen LogP) is 0.749. The molecule has 0 aromatic carbocycles. The molecule has 0 aromatic heterocycles. The van der Waals surface area contributed by atoms with Crippen molar-refractivity contribution < 1.29 is 19.5 Å². The Labute approximate surface area is 125 Å². The van der Waals surface area contributed by atoms with Crippen molar-refractivity contribution in [1.29, 1.82) is 0 Å². The van der Waals surface area contributed by atoms with Gasteiger partial charge >= 0.3 is 12.0 Å². The van der Waals surface area contributed by atoms with Crippen LogP contribution in [0.15, 0.2) is 0 Å². The Hall–Kier alpha value is -1.79. The molecule has 0 spiro atoms. The molecule has 1 aliphatic rings. The molecule has 3 amide bonds. The second-order valence-electron chi connectivity index (χ2n) is 6.58. The zero-order valence-corrected chi connectivity index (χ0v) is 13.4. The summed E-state index contributed by atoms with van der Waals surface area (Å²) in [5, 5.41) is 12.0. The molecule has 1 aliphatic heterocycles. The van der Waals surface area contributed by atoms with Crippen LogP contribution in [0.25, 0.3) is 0 Å². The molecular weight excluding hydrogens is 274 g/mol. The lowest BCUT2D eigenvalue weighted by Gasteiger charge is -2.40. The van der Waals surface area contributed by atoms with Crippen LogP contribution in [0.4, 0.5) is 4.79 Å². The number of carbonyl (C=O) groups is 3. The highest BCUT2D eigenvalue weighted by Crippen LogP contribution is 2.30. The van der Waals surface area contributed by atoms with Gasteiger partial charge in [0.25, 0.3) is 0 Å². The van der Waals surface area contributed by atoms with E-state index in [1.165, 1.54) is 4.90 Å². The minimum Gasteiger partial charge on any atom is -0.481 e. The van der Waals surface area contributed by atoms with Crippen LogP contribution in [0, 0.1) is 5.41 Å². The fourth-order valence-corrected chi connectivity index (χ4v) is 1.93. The molecule has 7 nitrogen and oxygen atoms in total. The molecule has 21 heavy (non-hydrogen) atoms. The molecule has 2 N–H and O–H groups in total. The number of urea groups is 1. The Balaban J connectivity index is 2.80. The van der Waals surface area contributed by atoms with Gasteiger partial charge in [-0.2, -0.15) is 0 Å². The summed E-state index contributed by atoms with van der Waals surface area (Å²) in [6, 6.07) is -0.405. The predicted molar refractivity (Wildman–Crippen MR) is 77.9 cm³/mol. The topological polar surface area (TPSA) is 89.9 Å². The monoisotopic (exact) mass is 299 g/mol. The third-order valence-electron chi connectivity index (χ3n) is 4.48. The largest absolute Gasteiger partial charge is 0.481 e. The molecule has 0 atom stereocenters. The van der Waals surface area contributed by atoms with Crippen LogP contribution in [0.2, 0.25) is 0 Å². The Morgan fingerprint density at radius 1 is 1.19 bits per heavy atom. The SMILES string of the molecule is CN1CCCN(C(=O)NC(C)(C)C(C)(C)C(=O)O)CC1=O. The minimum absolute atomic E-state index is 0.0198. The van der Waals surface area contributed by atoms with Crippen molar-refractivity contribution in [2.45, 2.75) is 39.7 Å². The van der Waals surface area contributed by atoms with Crippen molar-refractivity contribution in [3.63, 3.8) is 0 Å². The first-order chi connectivity index (χ1) is 9.49. The zero-order valence-electron chi connectivity index (χ0n) is 13.4. The second-order valence-corrected chi connectivity index (χ2v) is 6.58. The van der Waals surface area contributed by atoms with Crippen molar-refractivity contribution in [3.05, 3.63) is 0 Å². The summed E-state index contributed by atoms with van der Waals surface area (Å²) in [5.41, 5.74) is -2.08. The van der Waals surface area contributed by atoms with Gasteiger partial charge < -0.3 is 20.2 Å². The molecule has 1 saturated heterocycles. The summed E-state index contributed by atoms with van der Waals surface area (Å²) >= 11 is 0. The fourth-order valence-electron chi connectivity index (χ4n) is 1.93. The van der Waals surface area contributed by atoms with Crippen molar-refractivity contribution in [2.24, 2.45) is 5.41 Å². The van der Waals surface area contributed by atoms with E-state index < -0.39 is 23.0 Å². The highest BCUT2D eigenvalue weighted by atomic mass is 16.4. The average molecular weight is 299 g/mol. The summed E-state index contributed by atoms with van der Waals surface area (Å²) < 4.78 is 0. The Morgan fingerprint density at radius 2 is 1.76 bits per heavy atom. The van der Waals surface area contributed by atoms with E-state index in [0.29, 0.717) is 19.5 Å². The maximum atomic E-state index is 12.3. The van der Waals surface area contributed by atoms with Gasteiger partial charge in [0.15, 0.2) is 0 Å². The van der Waals surface area contributed by atoms with Gasteiger partial charge in [-0.15, -0.1) is 0 Å². The fraction of sp³-hybridized carbons (Fsp3) is 0.786. The minimum atomic E-state index is -1.13. The molecule has 0 aromatic rings. The number of aliphatic carboxylic acids is 1. The first-order valence-corrected chi connectivity index (χ1v) is 7.03. The Bertz CT molecular complexity index is 446. The van der Waals surface area contributed by atoms with E-state index in [2.05, 4.69) is 5.32 Å². The van der Waals surface area contributed by atoms with Crippen LogP contribution in [0.1, 0.15) is 34.1 Å². The number of rotatable bonds is 3. The normalized spacial score (nSPS) is 17.5. The summed E-state index contributed by atoms with van der Waals surface area (Å²) in [7, 11) is 1.71. The van der Waals surface area contributed by atoms with Crippen LogP contribution in [0.3, 0.4) is 0 Å². The molecule has 1 heterocycles. The number of hydrogen-bond donors (Lipinski definition) is 2. The Kier molecular flexibility index (Phi) is 4.86. The standard InChI is InChI=1S/C14H25N3O4/c1-13(2,11(19)20)14(3,4)15-12(21)17-8-6-7-16(5)10(18)9-17/h6-9H2,1-5H3,(H,15,21)(H,19,20). The molecule has 0 aliphatic carbocycles. The highest BCUT2D eigenvalue weighted by molar-refractivity contribution is 5.85. The molecule has 120 valence electrons. The van der Waals surface area contributed by atoms with Crippen molar-refractivity contribution in [3.8, 4) is 0 Å². The number of nitrogens with zero attached hydrogens (tertiary/aromatic N) is 2. The molecule has 0 unspecified atom stereocenters. The first-order valence-electron chi connectivity index (χ1n) is 7.03. The molecular formula is C14H25N3O4. The number of carboxylic acids is 1. The highest BCUT2D eigenvalue weighted by Gasteiger charge is 2.45. The smallest absolute Gasteiger partial charge is 0.318 e. The van der Waals surface area contributed by atoms with Gasteiger partial charge in [-0.1, -0.05) is 0 Å².